The Kier molecular flexibility index (Phi) is 5.71. The Morgan fingerprint density at radius 2 is 1.92 bits per heavy atom. The van der Waals surface area contributed by atoms with Gasteiger partial charge in [0.1, 0.15) is 6.04 Å². The van der Waals surface area contributed by atoms with E-state index in [4.69, 9.17) is 4.74 Å². The Morgan fingerprint density at radius 3 is 2.23 bits per heavy atom. The molecule has 1 atom stereocenters. The van der Waals surface area contributed by atoms with Crippen molar-refractivity contribution in [1.82, 2.24) is 4.90 Å². The number of likely N-dealkylation sites (N-methyl/N-ethyl adjacent to an activating group) is 1. The second-order valence-corrected chi connectivity index (χ2v) is 3.86. The number of nitrogens with zero attached hydrogens (tertiary/aromatic N) is 1. The van der Waals surface area contributed by atoms with Crippen LogP contribution in [0.1, 0.15) is 27.2 Å². The van der Waals surface area contributed by atoms with Gasteiger partial charge in [0.15, 0.2) is 0 Å². The van der Waals surface area contributed by atoms with E-state index in [9.17, 15) is 4.79 Å². The minimum absolute atomic E-state index is 0.0973. The highest BCUT2D eigenvalue weighted by molar-refractivity contribution is 5.75. The Hall–Kier alpha value is -0.570. The monoisotopic (exact) mass is 187 g/mol. The maximum absolute atomic E-state index is 11.5. The fourth-order valence-corrected chi connectivity index (χ4v) is 1.20. The molecule has 13 heavy (non-hydrogen) atoms. The summed E-state index contributed by atoms with van der Waals surface area (Å²) in [4.78, 5) is 13.4. The summed E-state index contributed by atoms with van der Waals surface area (Å²) in [5.41, 5.74) is 0. The van der Waals surface area contributed by atoms with Crippen LogP contribution in [-0.2, 0) is 9.53 Å². The van der Waals surface area contributed by atoms with Crippen LogP contribution in [0.4, 0.5) is 0 Å². The van der Waals surface area contributed by atoms with Gasteiger partial charge in [-0.15, -0.1) is 0 Å². The second kappa shape index (κ2) is 5.97. The molecule has 0 rings (SSSR count). The van der Waals surface area contributed by atoms with Crippen molar-refractivity contribution in [3.8, 4) is 0 Å². The molecule has 0 aromatic carbocycles. The van der Waals surface area contributed by atoms with Crippen LogP contribution in [0.15, 0.2) is 0 Å². The summed E-state index contributed by atoms with van der Waals surface area (Å²) in [7, 11) is 3.81. The van der Waals surface area contributed by atoms with Crippen molar-refractivity contribution in [2.75, 3.05) is 20.7 Å². The third-order valence-corrected chi connectivity index (χ3v) is 1.88. The van der Waals surface area contributed by atoms with Crippen LogP contribution in [0.25, 0.3) is 0 Å². The lowest BCUT2D eigenvalue weighted by atomic mass is 10.0. The van der Waals surface area contributed by atoms with E-state index in [1.807, 2.05) is 25.9 Å². The van der Waals surface area contributed by atoms with Crippen molar-refractivity contribution in [3.63, 3.8) is 0 Å². The van der Waals surface area contributed by atoms with E-state index in [0.29, 0.717) is 12.5 Å². The van der Waals surface area contributed by atoms with Gasteiger partial charge in [0.25, 0.3) is 0 Å². The van der Waals surface area contributed by atoms with Gasteiger partial charge < -0.3 is 4.74 Å². The SMILES string of the molecule is CCOC(=O)C(CC(C)C)N(C)C. The molecule has 1 unspecified atom stereocenters. The van der Waals surface area contributed by atoms with Gasteiger partial charge in [-0.1, -0.05) is 13.8 Å². The van der Waals surface area contributed by atoms with Crippen LogP contribution in [0.2, 0.25) is 0 Å². The maximum Gasteiger partial charge on any atom is 0.323 e. The fraction of sp³-hybridized carbons (Fsp3) is 0.900. The van der Waals surface area contributed by atoms with Gasteiger partial charge in [0.05, 0.1) is 6.61 Å². The third kappa shape index (κ3) is 4.88. The number of esters is 1. The number of carbonyl (C=O) groups is 1. The molecule has 0 fully saturated rings. The number of rotatable bonds is 5. The highest BCUT2D eigenvalue weighted by atomic mass is 16.5. The van der Waals surface area contributed by atoms with Crippen molar-refractivity contribution >= 4 is 5.97 Å². The zero-order chi connectivity index (χ0) is 10.4. The predicted molar refractivity (Wildman–Crippen MR) is 53.6 cm³/mol. The normalized spacial score (nSPS) is 13.5. The van der Waals surface area contributed by atoms with Crippen LogP contribution < -0.4 is 0 Å². The standard InChI is InChI=1S/C10H21NO2/c1-6-13-10(12)9(11(4)5)7-8(2)3/h8-9H,6-7H2,1-5H3. The van der Waals surface area contributed by atoms with Crippen LogP contribution in [-0.4, -0.2) is 37.6 Å². The van der Waals surface area contributed by atoms with E-state index in [0.717, 1.165) is 6.42 Å². The third-order valence-electron chi connectivity index (χ3n) is 1.88. The predicted octanol–water partition coefficient (Wildman–Crippen LogP) is 1.53. The van der Waals surface area contributed by atoms with Crippen LogP contribution in [0.5, 0.6) is 0 Å². The molecular formula is C10H21NO2. The number of hydrogen-bond acceptors (Lipinski definition) is 3. The van der Waals surface area contributed by atoms with E-state index in [1.54, 1.807) is 0 Å². The quantitative estimate of drug-likeness (QED) is 0.611. The minimum Gasteiger partial charge on any atom is -0.465 e. The Morgan fingerprint density at radius 1 is 1.38 bits per heavy atom. The lowest BCUT2D eigenvalue weighted by Crippen LogP contribution is -2.38. The lowest BCUT2D eigenvalue weighted by molar-refractivity contribution is -0.149. The molecular weight excluding hydrogens is 166 g/mol. The molecule has 0 bridgehead atoms. The molecule has 0 heterocycles. The van der Waals surface area contributed by atoms with Gasteiger partial charge in [-0.3, -0.25) is 9.69 Å². The molecule has 0 aromatic heterocycles. The van der Waals surface area contributed by atoms with Gasteiger partial charge in [-0.2, -0.15) is 0 Å². The van der Waals surface area contributed by atoms with Crippen molar-refractivity contribution in [2.45, 2.75) is 33.2 Å². The lowest BCUT2D eigenvalue weighted by Gasteiger charge is -2.23. The summed E-state index contributed by atoms with van der Waals surface area (Å²) in [6.07, 6.45) is 0.853. The summed E-state index contributed by atoms with van der Waals surface area (Å²) in [5.74, 6) is 0.401. The molecule has 3 nitrogen and oxygen atoms in total. The minimum atomic E-state index is -0.110. The second-order valence-electron chi connectivity index (χ2n) is 3.86. The van der Waals surface area contributed by atoms with Crippen molar-refractivity contribution < 1.29 is 9.53 Å². The van der Waals surface area contributed by atoms with Gasteiger partial charge >= 0.3 is 5.97 Å². The van der Waals surface area contributed by atoms with Gasteiger partial charge in [0, 0.05) is 0 Å². The van der Waals surface area contributed by atoms with Crippen LogP contribution >= 0.6 is 0 Å². The summed E-state index contributed by atoms with van der Waals surface area (Å²) < 4.78 is 4.99. The molecule has 0 radical (unpaired) electrons. The first-order valence-electron chi connectivity index (χ1n) is 4.82. The average molecular weight is 187 g/mol. The van der Waals surface area contributed by atoms with Crippen molar-refractivity contribution in [1.29, 1.82) is 0 Å². The summed E-state index contributed by atoms with van der Waals surface area (Å²) in [5, 5.41) is 0. The zero-order valence-corrected chi connectivity index (χ0v) is 9.33. The highest BCUT2D eigenvalue weighted by Gasteiger charge is 2.22. The Labute approximate surface area is 81.1 Å². The molecule has 0 saturated heterocycles. The van der Waals surface area contributed by atoms with E-state index in [-0.39, 0.29) is 12.0 Å². The molecule has 0 N–H and O–H groups in total. The highest BCUT2D eigenvalue weighted by Crippen LogP contribution is 2.10. The van der Waals surface area contributed by atoms with E-state index in [2.05, 4.69) is 13.8 Å². The summed E-state index contributed by atoms with van der Waals surface area (Å²) in [6.45, 7) is 6.51. The molecule has 0 aliphatic carbocycles. The fourth-order valence-electron chi connectivity index (χ4n) is 1.20. The number of carbonyl (C=O) groups excluding carboxylic acids is 1. The molecule has 0 amide bonds. The molecule has 0 aliphatic rings. The smallest absolute Gasteiger partial charge is 0.323 e. The zero-order valence-electron chi connectivity index (χ0n) is 9.33. The summed E-state index contributed by atoms with van der Waals surface area (Å²) >= 11 is 0. The number of hydrogen-bond donors (Lipinski definition) is 0. The molecule has 78 valence electrons. The topological polar surface area (TPSA) is 29.5 Å². The Balaban J connectivity index is 4.15. The first-order valence-corrected chi connectivity index (χ1v) is 4.82. The molecule has 0 aromatic rings. The largest absolute Gasteiger partial charge is 0.465 e. The van der Waals surface area contributed by atoms with E-state index >= 15 is 0 Å². The molecule has 0 spiro atoms. The average Bonchev–Trinajstić information content (AvgIpc) is 1.99. The number of ether oxygens (including phenoxy) is 1. The van der Waals surface area contributed by atoms with Gasteiger partial charge in [0.2, 0.25) is 0 Å². The van der Waals surface area contributed by atoms with Gasteiger partial charge in [-0.05, 0) is 33.4 Å². The van der Waals surface area contributed by atoms with E-state index < -0.39 is 0 Å². The van der Waals surface area contributed by atoms with Crippen molar-refractivity contribution in [3.05, 3.63) is 0 Å². The summed E-state index contributed by atoms with van der Waals surface area (Å²) in [6, 6.07) is -0.0973. The van der Waals surface area contributed by atoms with Crippen LogP contribution in [0, 0.1) is 5.92 Å². The van der Waals surface area contributed by atoms with Crippen LogP contribution in [0.3, 0.4) is 0 Å². The maximum atomic E-state index is 11.5. The Bertz CT molecular complexity index is 155. The van der Waals surface area contributed by atoms with Gasteiger partial charge in [-0.25, -0.2) is 0 Å². The van der Waals surface area contributed by atoms with E-state index in [1.165, 1.54) is 0 Å². The first-order chi connectivity index (χ1) is 5.99. The molecule has 0 aliphatic heterocycles. The molecule has 0 saturated carbocycles. The van der Waals surface area contributed by atoms with Crippen molar-refractivity contribution in [2.24, 2.45) is 5.92 Å². The molecule has 3 heteroatoms. The first kappa shape index (κ1) is 12.4.